The van der Waals surface area contributed by atoms with Crippen LogP contribution in [0.4, 0.5) is 4.39 Å². The predicted octanol–water partition coefficient (Wildman–Crippen LogP) is 5.37. The van der Waals surface area contributed by atoms with Crippen molar-refractivity contribution in [3.8, 4) is 6.07 Å². The SMILES string of the molecule is CC(C)(C)c1ccc(C2CCN(Cc3cc(F)ccc3C#N)CC2)cc1. The Hall–Kier alpha value is -2.18. The van der Waals surface area contributed by atoms with Crippen LogP contribution in [0.2, 0.25) is 0 Å². The molecule has 0 aliphatic carbocycles. The second-order valence-electron chi connectivity index (χ2n) is 8.34. The molecule has 0 N–H and O–H groups in total. The quantitative estimate of drug-likeness (QED) is 0.743. The number of nitriles is 1. The number of halogens is 1. The lowest BCUT2D eigenvalue weighted by Crippen LogP contribution is -2.32. The van der Waals surface area contributed by atoms with E-state index < -0.39 is 0 Å². The van der Waals surface area contributed by atoms with Crippen LogP contribution in [-0.2, 0) is 12.0 Å². The van der Waals surface area contributed by atoms with Crippen LogP contribution in [0.25, 0.3) is 0 Å². The molecule has 136 valence electrons. The molecule has 0 unspecified atom stereocenters. The van der Waals surface area contributed by atoms with Crippen molar-refractivity contribution in [2.45, 2.75) is 51.5 Å². The van der Waals surface area contributed by atoms with E-state index in [1.807, 2.05) is 0 Å². The second kappa shape index (κ2) is 7.60. The van der Waals surface area contributed by atoms with Gasteiger partial charge in [0.15, 0.2) is 0 Å². The van der Waals surface area contributed by atoms with Gasteiger partial charge in [0.25, 0.3) is 0 Å². The monoisotopic (exact) mass is 350 g/mol. The van der Waals surface area contributed by atoms with Gasteiger partial charge in [-0.05, 0) is 72.2 Å². The Morgan fingerprint density at radius 3 is 2.31 bits per heavy atom. The van der Waals surface area contributed by atoms with E-state index in [9.17, 15) is 9.65 Å². The molecule has 1 heterocycles. The summed E-state index contributed by atoms with van der Waals surface area (Å²) in [6.07, 6.45) is 2.21. The third-order valence-corrected chi connectivity index (χ3v) is 5.42. The first-order chi connectivity index (χ1) is 12.4. The Morgan fingerprint density at radius 2 is 1.73 bits per heavy atom. The summed E-state index contributed by atoms with van der Waals surface area (Å²) in [6, 6.07) is 15.7. The van der Waals surface area contributed by atoms with Crippen molar-refractivity contribution in [3.63, 3.8) is 0 Å². The lowest BCUT2D eigenvalue weighted by Gasteiger charge is -2.32. The van der Waals surface area contributed by atoms with Crippen molar-refractivity contribution < 1.29 is 4.39 Å². The highest BCUT2D eigenvalue weighted by Gasteiger charge is 2.22. The fourth-order valence-corrected chi connectivity index (χ4v) is 3.72. The Balaban J connectivity index is 1.61. The van der Waals surface area contributed by atoms with Gasteiger partial charge in [0.1, 0.15) is 5.82 Å². The van der Waals surface area contributed by atoms with Gasteiger partial charge in [-0.25, -0.2) is 4.39 Å². The van der Waals surface area contributed by atoms with Gasteiger partial charge in [0.2, 0.25) is 0 Å². The minimum absolute atomic E-state index is 0.186. The highest BCUT2D eigenvalue weighted by atomic mass is 19.1. The number of rotatable bonds is 3. The molecule has 1 fully saturated rings. The molecule has 3 rings (SSSR count). The summed E-state index contributed by atoms with van der Waals surface area (Å²) in [6.45, 7) is 9.32. The third-order valence-electron chi connectivity index (χ3n) is 5.42. The molecule has 2 aromatic carbocycles. The van der Waals surface area contributed by atoms with Crippen LogP contribution in [0.15, 0.2) is 42.5 Å². The van der Waals surface area contributed by atoms with E-state index in [-0.39, 0.29) is 11.2 Å². The Kier molecular flexibility index (Phi) is 5.44. The lowest BCUT2D eigenvalue weighted by molar-refractivity contribution is 0.204. The van der Waals surface area contributed by atoms with Gasteiger partial charge in [0, 0.05) is 6.54 Å². The molecule has 1 aliphatic heterocycles. The van der Waals surface area contributed by atoms with E-state index >= 15 is 0 Å². The Morgan fingerprint density at radius 1 is 1.08 bits per heavy atom. The minimum atomic E-state index is -0.271. The first-order valence-corrected chi connectivity index (χ1v) is 9.38. The van der Waals surface area contributed by atoms with E-state index in [0.29, 0.717) is 18.0 Å². The van der Waals surface area contributed by atoms with Crippen LogP contribution in [0.5, 0.6) is 0 Å². The van der Waals surface area contributed by atoms with E-state index in [4.69, 9.17) is 0 Å². The summed E-state index contributed by atoms with van der Waals surface area (Å²) < 4.78 is 13.5. The zero-order valence-electron chi connectivity index (χ0n) is 15.9. The van der Waals surface area contributed by atoms with Gasteiger partial charge in [-0.1, -0.05) is 45.0 Å². The van der Waals surface area contributed by atoms with Crippen molar-refractivity contribution in [3.05, 3.63) is 70.5 Å². The number of hydrogen-bond acceptors (Lipinski definition) is 2. The maximum Gasteiger partial charge on any atom is 0.123 e. The fraction of sp³-hybridized carbons (Fsp3) is 0.435. The van der Waals surface area contributed by atoms with Crippen molar-refractivity contribution in [1.82, 2.24) is 4.90 Å². The summed E-state index contributed by atoms with van der Waals surface area (Å²) >= 11 is 0. The molecule has 1 aliphatic rings. The molecule has 2 aromatic rings. The summed E-state index contributed by atoms with van der Waals surface area (Å²) in [5.41, 5.74) is 4.34. The zero-order chi connectivity index (χ0) is 18.7. The first kappa shape index (κ1) is 18.6. The van der Waals surface area contributed by atoms with E-state index in [1.165, 1.54) is 23.3 Å². The first-order valence-electron chi connectivity index (χ1n) is 9.38. The van der Waals surface area contributed by atoms with Crippen molar-refractivity contribution in [2.75, 3.05) is 13.1 Å². The molecule has 3 heteroatoms. The molecule has 1 saturated heterocycles. The predicted molar refractivity (Wildman–Crippen MR) is 104 cm³/mol. The van der Waals surface area contributed by atoms with Gasteiger partial charge < -0.3 is 0 Å². The van der Waals surface area contributed by atoms with Gasteiger partial charge >= 0.3 is 0 Å². The van der Waals surface area contributed by atoms with Crippen LogP contribution < -0.4 is 0 Å². The molecular weight excluding hydrogens is 323 g/mol. The van der Waals surface area contributed by atoms with Crippen molar-refractivity contribution in [2.24, 2.45) is 0 Å². The number of likely N-dealkylation sites (tertiary alicyclic amines) is 1. The third kappa shape index (κ3) is 4.31. The van der Waals surface area contributed by atoms with E-state index in [2.05, 4.69) is 56.0 Å². The molecule has 26 heavy (non-hydrogen) atoms. The molecule has 0 bridgehead atoms. The molecule has 0 atom stereocenters. The molecule has 2 nitrogen and oxygen atoms in total. The van der Waals surface area contributed by atoms with Crippen LogP contribution >= 0.6 is 0 Å². The van der Waals surface area contributed by atoms with Gasteiger partial charge in [-0.2, -0.15) is 5.26 Å². The maximum absolute atomic E-state index is 13.5. The van der Waals surface area contributed by atoms with Crippen LogP contribution in [-0.4, -0.2) is 18.0 Å². The van der Waals surface area contributed by atoms with E-state index in [1.54, 1.807) is 6.07 Å². The molecule has 0 amide bonds. The van der Waals surface area contributed by atoms with Crippen molar-refractivity contribution >= 4 is 0 Å². The van der Waals surface area contributed by atoms with Crippen molar-refractivity contribution in [1.29, 1.82) is 5.26 Å². The minimum Gasteiger partial charge on any atom is -0.299 e. The number of benzene rings is 2. The van der Waals surface area contributed by atoms with Gasteiger partial charge in [0.05, 0.1) is 11.6 Å². The van der Waals surface area contributed by atoms with Crippen LogP contribution in [0.3, 0.4) is 0 Å². The normalized spacial score (nSPS) is 16.4. The number of piperidine rings is 1. The van der Waals surface area contributed by atoms with Crippen LogP contribution in [0, 0.1) is 17.1 Å². The van der Waals surface area contributed by atoms with E-state index in [0.717, 1.165) is 31.5 Å². The highest BCUT2D eigenvalue weighted by molar-refractivity contribution is 5.38. The average molecular weight is 350 g/mol. The number of nitrogens with zero attached hydrogens (tertiary/aromatic N) is 2. The smallest absolute Gasteiger partial charge is 0.123 e. The summed E-state index contributed by atoms with van der Waals surface area (Å²) in [7, 11) is 0. The van der Waals surface area contributed by atoms with Gasteiger partial charge in [-0.15, -0.1) is 0 Å². The number of hydrogen-bond donors (Lipinski definition) is 0. The highest BCUT2D eigenvalue weighted by Crippen LogP contribution is 2.31. The Bertz CT molecular complexity index is 788. The van der Waals surface area contributed by atoms with Crippen LogP contribution in [0.1, 0.15) is 61.8 Å². The largest absolute Gasteiger partial charge is 0.299 e. The fourth-order valence-electron chi connectivity index (χ4n) is 3.72. The molecule has 0 radical (unpaired) electrons. The second-order valence-corrected chi connectivity index (χ2v) is 8.34. The molecule has 0 spiro atoms. The topological polar surface area (TPSA) is 27.0 Å². The molecule has 0 saturated carbocycles. The summed E-state index contributed by atoms with van der Waals surface area (Å²) in [5.74, 6) is 0.316. The summed E-state index contributed by atoms with van der Waals surface area (Å²) in [4.78, 5) is 2.33. The lowest BCUT2D eigenvalue weighted by atomic mass is 9.84. The molecular formula is C23H27FN2. The standard InChI is InChI=1S/C23H27FN2/c1-23(2,3)21-7-4-17(5-8-21)18-10-12-26(13-11-18)16-20-14-22(24)9-6-19(20)15-25/h4-9,14,18H,10-13,16H2,1-3H3. The Labute approximate surface area is 156 Å². The zero-order valence-corrected chi connectivity index (χ0v) is 15.9. The van der Waals surface area contributed by atoms with Gasteiger partial charge in [-0.3, -0.25) is 4.90 Å². The average Bonchev–Trinajstić information content (AvgIpc) is 2.62. The summed E-state index contributed by atoms with van der Waals surface area (Å²) in [5, 5.41) is 9.22. The molecule has 0 aromatic heterocycles. The maximum atomic E-state index is 13.5.